The molecule has 0 radical (unpaired) electrons. The first-order valence-electron chi connectivity index (χ1n) is 14.7. The number of carbonyl (C=O) groups is 1. The molecule has 3 atom stereocenters. The molecule has 1 aliphatic rings. The second-order valence-corrected chi connectivity index (χ2v) is 12.8. The van der Waals surface area contributed by atoms with Crippen molar-refractivity contribution in [1.29, 1.82) is 0 Å². The third kappa shape index (κ3) is 7.09. The van der Waals surface area contributed by atoms with Gasteiger partial charge in [0.2, 0.25) is 5.91 Å². The van der Waals surface area contributed by atoms with Gasteiger partial charge in [0.15, 0.2) is 0 Å². The number of hydrogen-bond acceptors (Lipinski definition) is 5. The topological polar surface area (TPSA) is 95.9 Å². The number of nitrogens with zero attached hydrogens (tertiary/aromatic N) is 1. The summed E-state index contributed by atoms with van der Waals surface area (Å²) in [5, 5.41) is 13.1. The van der Waals surface area contributed by atoms with Crippen molar-refractivity contribution in [2.24, 2.45) is 5.92 Å². The van der Waals surface area contributed by atoms with Crippen LogP contribution in [0.4, 0.5) is 5.69 Å². The number of amides is 1. The highest BCUT2D eigenvalue weighted by Crippen LogP contribution is 2.39. The molecule has 1 saturated carbocycles. The summed E-state index contributed by atoms with van der Waals surface area (Å²) in [6, 6.07) is 32.4. The molecule has 1 aliphatic carbocycles. The number of nitrogens with one attached hydrogen (secondary N) is 1. The highest BCUT2D eigenvalue weighted by Gasteiger charge is 2.33. The summed E-state index contributed by atoms with van der Waals surface area (Å²) in [4.78, 5) is 13.7. The molecule has 5 rings (SSSR count). The molecule has 7 nitrogen and oxygen atoms in total. The standard InChI is InChI=1S/C35H38N2O5S/c1-42-30-22-20-29(21-23-30)37(43(40,41)31-12-6-3-7-13-31)24-26-16-18-27(19-17-26)32-14-8-9-15-33(32)35(39)36-34(25-38)28-10-4-2-5-11-28/h2-7,10-13,16-23,32-34,38H,8-9,14-15,24-25H2,1H3,(H,36,39). The highest BCUT2D eigenvalue weighted by molar-refractivity contribution is 7.92. The van der Waals surface area contributed by atoms with Crippen LogP contribution in [0.25, 0.3) is 0 Å². The molecule has 43 heavy (non-hydrogen) atoms. The number of aliphatic hydroxyl groups excluding tert-OH is 1. The highest BCUT2D eigenvalue weighted by atomic mass is 32.2. The molecule has 0 bridgehead atoms. The van der Waals surface area contributed by atoms with E-state index >= 15 is 0 Å². The molecular weight excluding hydrogens is 560 g/mol. The summed E-state index contributed by atoms with van der Waals surface area (Å²) in [5.41, 5.74) is 3.31. The van der Waals surface area contributed by atoms with Gasteiger partial charge >= 0.3 is 0 Å². The zero-order valence-corrected chi connectivity index (χ0v) is 25.1. The van der Waals surface area contributed by atoms with Gasteiger partial charge in [-0.1, -0.05) is 85.6 Å². The Morgan fingerprint density at radius 2 is 1.51 bits per heavy atom. The van der Waals surface area contributed by atoms with Crippen molar-refractivity contribution < 1.29 is 23.1 Å². The lowest BCUT2D eigenvalue weighted by atomic mass is 9.74. The van der Waals surface area contributed by atoms with Crippen LogP contribution in [-0.2, 0) is 21.4 Å². The lowest BCUT2D eigenvalue weighted by Crippen LogP contribution is -2.39. The molecule has 0 aliphatic heterocycles. The summed E-state index contributed by atoms with van der Waals surface area (Å²) in [6.07, 6.45) is 3.70. The van der Waals surface area contributed by atoms with Gasteiger partial charge in [0, 0.05) is 5.92 Å². The van der Waals surface area contributed by atoms with Crippen LogP contribution in [0.15, 0.2) is 114 Å². The van der Waals surface area contributed by atoms with E-state index in [1.54, 1.807) is 61.7 Å². The molecule has 0 saturated heterocycles. The van der Waals surface area contributed by atoms with E-state index in [1.165, 1.54) is 4.31 Å². The quantitative estimate of drug-likeness (QED) is 0.214. The average molecular weight is 599 g/mol. The smallest absolute Gasteiger partial charge is 0.264 e. The molecule has 0 heterocycles. The van der Waals surface area contributed by atoms with Crippen molar-refractivity contribution in [2.75, 3.05) is 18.0 Å². The molecule has 1 fully saturated rings. The van der Waals surface area contributed by atoms with E-state index in [9.17, 15) is 18.3 Å². The van der Waals surface area contributed by atoms with Gasteiger partial charge in [-0.05, 0) is 71.8 Å². The lowest BCUT2D eigenvalue weighted by molar-refractivity contribution is -0.127. The Morgan fingerprint density at radius 1 is 0.884 bits per heavy atom. The van der Waals surface area contributed by atoms with E-state index in [2.05, 4.69) is 5.32 Å². The van der Waals surface area contributed by atoms with Crippen molar-refractivity contribution in [3.8, 4) is 5.75 Å². The van der Waals surface area contributed by atoms with Crippen molar-refractivity contribution in [2.45, 2.75) is 49.1 Å². The van der Waals surface area contributed by atoms with Gasteiger partial charge in [-0.2, -0.15) is 0 Å². The normalized spacial score (nSPS) is 17.5. The van der Waals surface area contributed by atoms with Gasteiger partial charge < -0.3 is 15.2 Å². The Kier molecular flexibility index (Phi) is 9.79. The van der Waals surface area contributed by atoms with Crippen LogP contribution in [0, 0.1) is 5.92 Å². The predicted molar refractivity (Wildman–Crippen MR) is 168 cm³/mol. The number of benzene rings is 4. The minimum atomic E-state index is -3.84. The first-order valence-corrected chi connectivity index (χ1v) is 16.1. The molecule has 0 spiro atoms. The molecule has 3 unspecified atom stereocenters. The minimum absolute atomic E-state index is 0.0451. The average Bonchev–Trinajstić information content (AvgIpc) is 3.07. The van der Waals surface area contributed by atoms with E-state index in [4.69, 9.17) is 4.74 Å². The summed E-state index contributed by atoms with van der Waals surface area (Å²) in [7, 11) is -2.27. The maximum absolute atomic E-state index is 13.8. The number of hydrogen-bond donors (Lipinski definition) is 2. The summed E-state index contributed by atoms with van der Waals surface area (Å²) in [6.45, 7) is -0.0217. The maximum Gasteiger partial charge on any atom is 0.264 e. The van der Waals surface area contributed by atoms with Crippen molar-refractivity contribution in [3.05, 3.63) is 126 Å². The number of rotatable bonds is 11. The summed E-state index contributed by atoms with van der Waals surface area (Å²) in [5.74, 6) is 0.442. The van der Waals surface area contributed by atoms with Crippen molar-refractivity contribution >= 4 is 21.6 Å². The number of anilines is 1. The third-order valence-electron chi connectivity index (χ3n) is 8.23. The lowest BCUT2D eigenvalue weighted by Gasteiger charge is -2.32. The molecule has 0 aromatic heterocycles. The number of aliphatic hydroxyl groups is 1. The largest absolute Gasteiger partial charge is 0.497 e. The molecule has 4 aromatic rings. The second-order valence-electron chi connectivity index (χ2n) is 10.9. The van der Waals surface area contributed by atoms with Crippen molar-refractivity contribution in [1.82, 2.24) is 5.32 Å². The Balaban J connectivity index is 1.37. The molecule has 2 N–H and O–H groups in total. The second kappa shape index (κ2) is 13.9. The number of sulfonamides is 1. The Bertz CT molecular complexity index is 1580. The van der Waals surface area contributed by atoms with Gasteiger partial charge in [0.05, 0.1) is 36.9 Å². The van der Waals surface area contributed by atoms with Gasteiger partial charge in [-0.3, -0.25) is 9.10 Å². The number of carbonyl (C=O) groups excluding carboxylic acids is 1. The molecular formula is C35H38N2O5S. The SMILES string of the molecule is COc1ccc(N(Cc2ccc(C3CCCCC3C(=O)NC(CO)c3ccccc3)cc2)S(=O)(=O)c2ccccc2)cc1. The van der Waals surface area contributed by atoms with Crippen molar-refractivity contribution in [3.63, 3.8) is 0 Å². The van der Waals surface area contributed by atoms with Gasteiger partial charge in [0.1, 0.15) is 5.75 Å². The van der Waals surface area contributed by atoms with E-state index in [0.29, 0.717) is 11.4 Å². The van der Waals surface area contributed by atoms with Crippen LogP contribution < -0.4 is 14.4 Å². The van der Waals surface area contributed by atoms with Crippen LogP contribution >= 0.6 is 0 Å². The fourth-order valence-electron chi connectivity index (χ4n) is 5.86. The maximum atomic E-state index is 13.8. The predicted octanol–water partition coefficient (Wildman–Crippen LogP) is 6.21. The minimum Gasteiger partial charge on any atom is -0.497 e. The molecule has 224 valence electrons. The Hall–Kier alpha value is -4.14. The third-order valence-corrected chi connectivity index (χ3v) is 10.0. The van der Waals surface area contributed by atoms with Gasteiger partial charge in [0.25, 0.3) is 10.0 Å². The van der Waals surface area contributed by atoms with Gasteiger partial charge in [-0.15, -0.1) is 0 Å². The monoisotopic (exact) mass is 598 g/mol. The van der Waals surface area contributed by atoms with Crippen LogP contribution in [0.1, 0.15) is 54.3 Å². The fourth-order valence-corrected chi connectivity index (χ4v) is 7.34. The first kappa shape index (κ1) is 30.3. The van der Waals surface area contributed by atoms with Gasteiger partial charge in [-0.25, -0.2) is 8.42 Å². The fraction of sp³-hybridized carbons (Fsp3) is 0.286. The Morgan fingerprint density at radius 3 is 2.14 bits per heavy atom. The zero-order valence-electron chi connectivity index (χ0n) is 24.3. The number of ether oxygens (including phenoxy) is 1. The van der Waals surface area contributed by atoms with Crippen LogP contribution in [-0.4, -0.2) is 33.1 Å². The first-order chi connectivity index (χ1) is 20.9. The van der Waals surface area contributed by atoms with Crippen LogP contribution in [0.5, 0.6) is 5.75 Å². The Labute approximate surface area is 254 Å². The zero-order chi connectivity index (χ0) is 30.2. The van der Waals surface area contributed by atoms with E-state index in [0.717, 1.165) is 42.4 Å². The van der Waals surface area contributed by atoms with Crippen LogP contribution in [0.2, 0.25) is 0 Å². The number of methoxy groups -OCH3 is 1. The summed E-state index contributed by atoms with van der Waals surface area (Å²) >= 11 is 0. The molecule has 1 amide bonds. The van der Waals surface area contributed by atoms with E-state index in [-0.39, 0.29) is 35.8 Å². The molecule has 4 aromatic carbocycles. The summed E-state index contributed by atoms with van der Waals surface area (Å²) < 4.78 is 34.2. The van der Waals surface area contributed by atoms with E-state index < -0.39 is 16.1 Å². The van der Waals surface area contributed by atoms with Crippen LogP contribution in [0.3, 0.4) is 0 Å². The molecule has 8 heteroatoms. The van der Waals surface area contributed by atoms with E-state index in [1.807, 2.05) is 54.6 Å².